The summed E-state index contributed by atoms with van der Waals surface area (Å²) in [6, 6.07) is 4.39. The van der Waals surface area contributed by atoms with Gasteiger partial charge in [-0.1, -0.05) is 12.8 Å². The number of hydrogen-bond acceptors (Lipinski definition) is 5. The van der Waals surface area contributed by atoms with Crippen LogP contribution in [-0.4, -0.2) is 45.8 Å². The Bertz CT molecular complexity index is 669. The van der Waals surface area contributed by atoms with E-state index in [2.05, 4.69) is 10.0 Å². The van der Waals surface area contributed by atoms with Gasteiger partial charge in [-0.15, -0.1) is 0 Å². The summed E-state index contributed by atoms with van der Waals surface area (Å²) in [5, 5.41) is 12.4. The highest BCUT2D eigenvalue weighted by molar-refractivity contribution is 7.89. The summed E-state index contributed by atoms with van der Waals surface area (Å²) in [5.74, 6) is -1.15. The van der Waals surface area contributed by atoms with Crippen molar-refractivity contribution >= 4 is 21.7 Å². The molecule has 0 radical (unpaired) electrons. The molecule has 0 atom stereocenters. The molecule has 134 valence electrons. The van der Waals surface area contributed by atoms with E-state index in [1.54, 1.807) is 7.11 Å². The molecule has 3 N–H and O–H groups in total. The summed E-state index contributed by atoms with van der Waals surface area (Å²) >= 11 is 0. The number of sulfonamides is 1. The lowest BCUT2D eigenvalue weighted by atomic mass is 10.2. The van der Waals surface area contributed by atoms with Crippen molar-refractivity contribution in [2.75, 3.05) is 25.6 Å². The molecular weight excluding hydrogens is 332 g/mol. The first-order valence-corrected chi connectivity index (χ1v) is 9.55. The van der Waals surface area contributed by atoms with E-state index in [-0.39, 0.29) is 23.0 Å². The minimum absolute atomic E-state index is 0.0216. The molecule has 0 spiro atoms. The Kier molecular flexibility index (Phi) is 6.59. The first-order valence-electron chi connectivity index (χ1n) is 8.06. The van der Waals surface area contributed by atoms with E-state index in [0.717, 1.165) is 25.7 Å². The predicted molar refractivity (Wildman–Crippen MR) is 91.0 cm³/mol. The van der Waals surface area contributed by atoms with E-state index in [1.165, 1.54) is 18.2 Å². The number of methoxy groups -OCH3 is 1. The largest absolute Gasteiger partial charge is 0.478 e. The van der Waals surface area contributed by atoms with Crippen molar-refractivity contribution in [3.8, 4) is 0 Å². The van der Waals surface area contributed by atoms with E-state index < -0.39 is 16.0 Å². The van der Waals surface area contributed by atoms with Crippen molar-refractivity contribution in [3.05, 3.63) is 23.8 Å². The van der Waals surface area contributed by atoms with E-state index in [4.69, 9.17) is 9.84 Å². The van der Waals surface area contributed by atoms with Crippen LogP contribution in [0.2, 0.25) is 0 Å². The maximum Gasteiger partial charge on any atom is 0.335 e. The van der Waals surface area contributed by atoms with Crippen molar-refractivity contribution in [2.45, 2.75) is 43.0 Å². The van der Waals surface area contributed by atoms with Crippen LogP contribution in [0.3, 0.4) is 0 Å². The second-order valence-electron chi connectivity index (χ2n) is 5.89. The number of ether oxygens (including phenoxy) is 1. The van der Waals surface area contributed by atoms with Crippen molar-refractivity contribution in [1.82, 2.24) is 4.72 Å². The fourth-order valence-electron chi connectivity index (χ4n) is 2.79. The van der Waals surface area contributed by atoms with Gasteiger partial charge in [-0.05, 0) is 37.5 Å². The van der Waals surface area contributed by atoms with Crippen LogP contribution in [0.25, 0.3) is 0 Å². The Morgan fingerprint density at radius 2 is 2.04 bits per heavy atom. The lowest BCUT2D eigenvalue weighted by Gasteiger charge is -2.18. The highest BCUT2D eigenvalue weighted by Crippen LogP contribution is 2.28. The first kappa shape index (κ1) is 18.7. The molecule has 0 aromatic heterocycles. The SMILES string of the molecule is COCCCNS(=O)(=O)c1cc(C(=O)O)ccc1NC1CCCC1. The molecule has 1 saturated carbocycles. The zero-order valence-corrected chi connectivity index (χ0v) is 14.6. The molecule has 0 amide bonds. The average molecular weight is 356 g/mol. The van der Waals surface area contributed by atoms with E-state index in [1.807, 2.05) is 0 Å². The third kappa shape index (κ3) is 4.93. The highest BCUT2D eigenvalue weighted by Gasteiger charge is 2.23. The Balaban J connectivity index is 2.25. The van der Waals surface area contributed by atoms with Crippen molar-refractivity contribution in [1.29, 1.82) is 0 Å². The second-order valence-corrected chi connectivity index (χ2v) is 7.62. The van der Waals surface area contributed by atoms with Crippen LogP contribution in [-0.2, 0) is 14.8 Å². The summed E-state index contributed by atoms with van der Waals surface area (Å²) in [4.78, 5) is 11.2. The fourth-order valence-corrected chi connectivity index (χ4v) is 4.05. The molecule has 1 fully saturated rings. The quantitative estimate of drug-likeness (QED) is 0.585. The third-order valence-electron chi connectivity index (χ3n) is 4.05. The first-order chi connectivity index (χ1) is 11.4. The molecule has 7 nitrogen and oxygen atoms in total. The number of anilines is 1. The molecule has 1 aromatic carbocycles. The molecule has 2 rings (SSSR count). The molecule has 0 aliphatic heterocycles. The third-order valence-corrected chi connectivity index (χ3v) is 5.55. The summed E-state index contributed by atoms with van der Waals surface area (Å²) in [6.07, 6.45) is 4.74. The van der Waals surface area contributed by atoms with Gasteiger partial charge in [-0.25, -0.2) is 17.9 Å². The van der Waals surface area contributed by atoms with Crippen LogP contribution in [0, 0.1) is 0 Å². The van der Waals surface area contributed by atoms with Gasteiger partial charge in [0, 0.05) is 26.3 Å². The summed E-state index contributed by atoms with van der Waals surface area (Å²) < 4.78 is 32.6. The van der Waals surface area contributed by atoms with Gasteiger partial charge in [0.05, 0.1) is 11.3 Å². The topological polar surface area (TPSA) is 105 Å². The molecule has 0 heterocycles. The van der Waals surface area contributed by atoms with Gasteiger partial charge in [0.25, 0.3) is 0 Å². The number of rotatable bonds is 9. The van der Waals surface area contributed by atoms with Gasteiger partial charge in [0.2, 0.25) is 10.0 Å². The normalized spacial score (nSPS) is 15.5. The van der Waals surface area contributed by atoms with Gasteiger partial charge >= 0.3 is 5.97 Å². The smallest absolute Gasteiger partial charge is 0.335 e. The Labute approximate surface area is 142 Å². The summed E-state index contributed by atoms with van der Waals surface area (Å²) in [5.41, 5.74) is 0.398. The van der Waals surface area contributed by atoms with Crippen LogP contribution in [0.15, 0.2) is 23.1 Å². The zero-order valence-electron chi connectivity index (χ0n) is 13.7. The monoisotopic (exact) mass is 356 g/mol. The number of benzene rings is 1. The Morgan fingerprint density at radius 3 is 2.67 bits per heavy atom. The highest BCUT2D eigenvalue weighted by atomic mass is 32.2. The van der Waals surface area contributed by atoms with E-state index in [0.29, 0.717) is 18.7 Å². The fraction of sp³-hybridized carbons (Fsp3) is 0.562. The van der Waals surface area contributed by atoms with Gasteiger partial charge in [-0.3, -0.25) is 0 Å². The van der Waals surface area contributed by atoms with Crippen molar-refractivity contribution in [3.63, 3.8) is 0 Å². The lowest BCUT2D eigenvalue weighted by Crippen LogP contribution is -2.27. The molecule has 1 aromatic rings. The molecular formula is C16H24N2O5S. The van der Waals surface area contributed by atoms with Gasteiger partial charge < -0.3 is 15.2 Å². The van der Waals surface area contributed by atoms with E-state index >= 15 is 0 Å². The van der Waals surface area contributed by atoms with Gasteiger partial charge in [0.1, 0.15) is 4.90 Å². The van der Waals surface area contributed by atoms with Gasteiger partial charge in [-0.2, -0.15) is 0 Å². The van der Waals surface area contributed by atoms with Crippen molar-refractivity contribution in [2.24, 2.45) is 0 Å². The lowest BCUT2D eigenvalue weighted by molar-refractivity contribution is 0.0696. The molecule has 1 aliphatic rings. The number of carbonyl (C=O) groups is 1. The maximum absolute atomic E-state index is 12.6. The number of hydrogen-bond donors (Lipinski definition) is 3. The molecule has 24 heavy (non-hydrogen) atoms. The standard InChI is InChI=1S/C16H24N2O5S/c1-23-10-4-9-17-24(21,22)15-11-12(16(19)20)7-8-14(15)18-13-5-2-3-6-13/h7-8,11,13,17-18H,2-6,9-10H2,1H3,(H,19,20). The van der Waals surface area contributed by atoms with Crippen LogP contribution >= 0.6 is 0 Å². The van der Waals surface area contributed by atoms with Gasteiger partial charge in [0.15, 0.2) is 0 Å². The molecule has 0 unspecified atom stereocenters. The van der Waals surface area contributed by atoms with Crippen LogP contribution in [0.5, 0.6) is 0 Å². The predicted octanol–water partition coefficient (Wildman–Crippen LogP) is 2.05. The van der Waals surface area contributed by atoms with Crippen molar-refractivity contribution < 1.29 is 23.1 Å². The minimum Gasteiger partial charge on any atom is -0.478 e. The van der Waals surface area contributed by atoms with E-state index in [9.17, 15) is 13.2 Å². The van der Waals surface area contributed by atoms with Crippen LogP contribution < -0.4 is 10.0 Å². The summed E-state index contributed by atoms with van der Waals surface area (Å²) in [7, 11) is -2.25. The Morgan fingerprint density at radius 1 is 1.33 bits per heavy atom. The molecule has 0 saturated heterocycles. The Hall–Kier alpha value is -1.64. The van der Waals surface area contributed by atoms with Crippen LogP contribution in [0.4, 0.5) is 5.69 Å². The minimum atomic E-state index is -3.80. The second kappa shape index (κ2) is 8.46. The average Bonchev–Trinajstić information content (AvgIpc) is 3.04. The molecule has 1 aliphatic carbocycles. The number of nitrogens with one attached hydrogen (secondary N) is 2. The number of carboxylic acid groups (broad SMARTS) is 1. The summed E-state index contributed by atoms with van der Waals surface area (Å²) in [6.45, 7) is 0.682. The van der Waals surface area contributed by atoms with Crippen LogP contribution in [0.1, 0.15) is 42.5 Å². The maximum atomic E-state index is 12.6. The number of carboxylic acids is 1. The molecule has 0 bridgehead atoms. The zero-order chi connectivity index (χ0) is 17.6. The molecule has 8 heteroatoms. The number of aromatic carboxylic acids is 1.